The summed E-state index contributed by atoms with van der Waals surface area (Å²) in [7, 11) is 1.58. The Balaban J connectivity index is 3.31. The monoisotopic (exact) mass is 201 g/mol. The molecule has 0 atom stereocenters. The van der Waals surface area contributed by atoms with Gasteiger partial charge in [-0.1, -0.05) is 6.92 Å². The van der Waals surface area contributed by atoms with E-state index < -0.39 is 0 Å². The summed E-state index contributed by atoms with van der Waals surface area (Å²) in [6.07, 6.45) is 0.797. The van der Waals surface area contributed by atoms with Crippen LogP contribution in [0.25, 0.3) is 0 Å². The van der Waals surface area contributed by atoms with Gasteiger partial charge in [0.1, 0.15) is 0 Å². The second-order valence-corrected chi connectivity index (χ2v) is 2.88. The van der Waals surface area contributed by atoms with Gasteiger partial charge in [-0.05, 0) is 6.54 Å². The van der Waals surface area contributed by atoms with Crippen molar-refractivity contribution in [1.29, 1.82) is 0 Å². The Bertz CT molecular complexity index is 183. The van der Waals surface area contributed by atoms with Crippen LogP contribution in [0.5, 0.6) is 0 Å². The van der Waals surface area contributed by atoms with Gasteiger partial charge in [0, 0.05) is 33.0 Å². The van der Waals surface area contributed by atoms with Crippen LogP contribution >= 0.6 is 0 Å². The Kier molecular flexibility index (Phi) is 7.83. The highest BCUT2D eigenvalue weighted by molar-refractivity contribution is 5.78. The van der Waals surface area contributed by atoms with E-state index in [0.717, 1.165) is 6.54 Å². The van der Waals surface area contributed by atoms with Gasteiger partial charge in [0.2, 0.25) is 11.8 Å². The number of hydrogen-bond acceptors (Lipinski definition) is 3. The summed E-state index contributed by atoms with van der Waals surface area (Å²) in [6.45, 7) is 3.95. The number of carbonyl (C=O) groups excluding carboxylic acids is 2. The first-order valence-corrected chi connectivity index (χ1v) is 4.88. The zero-order valence-corrected chi connectivity index (χ0v) is 8.85. The topological polar surface area (TPSA) is 70.2 Å². The van der Waals surface area contributed by atoms with Gasteiger partial charge in [0.15, 0.2) is 0 Å². The van der Waals surface area contributed by atoms with Gasteiger partial charge in [-0.15, -0.1) is 0 Å². The lowest BCUT2D eigenvalue weighted by atomic mass is 10.3. The fraction of sp³-hybridized carbons (Fsp3) is 0.778. The van der Waals surface area contributed by atoms with E-state index in [1.165, 1.54) is 0 Å². The van der Waals surface area contributed by atoms with Gasteiger partial charge in [0.25, 0.3) is 0 Å². The van der Waals surface area contributed by atoms with E-state index in [0.29, 0.717) is 25.9 Å². The highest BCUT2D eigenvalue weighted by Crippen LogP contribution is 1.80. The molecule has 0 unspecified atom stereocenters. The summed E-state index contributed by atoms with van der Waals surface area (Å²) in [5, 5.41) is 8.20. The molecule has 0 rings (SSSR count). The van der Waals surface area contributed by atoms with Crippen molar-refractivity contribution in [2.75, 3.05) is 26.7 Å². The molecule has 0 aromatic rings. The van der Waals surface area contributed by atoms with Gasteiger partial charge < -0.3 is 16.0 Å². The number of rotatable bonds is 7. The Labute approximate surface area is 84.6 Å². The fourth-order valence-electron chi connectivity index (χ4n) is 0.908. The smallest absolute Gasteiger partial charge is 0.221 e. The highest BCUT2D eigenvalue weighted by atomic mass is 16.2. The molecule has 5 heteroatoms. The molecule has 0 saturated carbocycles. The normalized spacial score (nSPS) is 9.57. The standard InChI is InChI=1S/C9H19N3O2/c1-3-11-6-4-9(14)12-7-5-8(13)10-2/h11H,3-7H2,1-2H3,(H,10,13)(H,12,14). The fourth-order valence-corrected chi connectivity index (χ4v) is 0.908. The number of amides is 2. The van der Waals surface area contributed by atoms with E-state index in [1.807, 2.05) is 6.92 Å². The van der Waals surface area contributed by atoms with Crippen molar-refractivity contribution < 1.29 is 9.59 Å². The lowest BCUT2D eigenvalue weighted by molar-refractivity contribution is -0.122. The van der Waals surface area contributed by atoms with Crippen molar-refractivity contribution in [3.05, 3.63) is 0 Å². The van der Waals surface area contributed by atoms with Crippen LogP contribution in [-0.2, 0) is 9.59 Å². The van der Waals surface area contributed by atoms with E-state index in [-0.39, 0.29) is 11.8 Å². The molecular weight excluding hydrogens is 182 g/mol. The van der Waals surface area contributed by atoms with E-state index in [9.17, 15) is 9.59 Å². The summed E-state index contributed by atoms with van der Waals surface area (Å²) in [4.78, 5) is 21.9. The van der Waals surface area contributed by atoms with Gasteiger partial charge in [-0.2, -0.15) is 0 Å². The van der Waals surface area contributed by atoms with Crippen molar-refractivity contribution in [3.63, 3.8) is 0 Å². The van der Waals surface area contributed by atoms with Gasteiger partial charge in [0.05, 0.1) is 0 Å². The molecule has 0 radical (unpaired) electrons. The summed E-state index contributed by atoms with van der Waals surface area (Å²) < 4.78 is 0. The molecule has 0 aromatic heterocycles. The Hall–Kier alpha value is -1.10. The predicted octanol–water partition coefficient (Wildman–Crippen LogP) is -0.762. The van der Waals surface area contributed by atoms with Crippen molar-refractivity contribution in [3.8, 4) is 0 Å². The lowest BCUT2D eigenvalue weighted by Crippen LogP contribution is -2.31. The summed E-state index contributed by atoms with van der Waals surface area (Å²) >= 11 is 0. The first-order valence-electron chi connectivity index (χ1n) is 4.88. The second kappa shape index (κ2) is 8.50. The largest absolute Gasteiger partial charge is 0.359 e. The maximum Gasteiger partial charge on any atom is 0.221 e. The maximum absolute atomic E-state index is 11.1. The molecule has 0 saturated heterocycles. The minimum atomic E-state index is -0.0583. The quantitative estimate of drug-likeness (QED) is 0.474. The summed E-state index contributed by atoms with van der Waals surface area (Å²) in [5.74, 6) is -0.0770. The molecule has 0 aliphatic rings. The molecule has 0 aromatic carbocycles. The van der Waals surface area contributed by atoms with Gasteiger partial charge in [-0.25, -0.2) is 0 Å². The van der Waals surface area contributed by atoms with Crippen molar-refractivity contribution in [2.45, 2.75) is 19.8 Å². The molecule has 2 amide bonds. The summed E-state index contributed by atoms with van der Waals surface area (Å²) in [6, 6.07) is 0. The third-order valence-corrected chi connectivity index (χ3v) is 1.73. The van der Waals surface area contributed by atoms with Crippen LogP contribution < -0.4 is 16.0 Å². The van der Waals surface area contributed by atoms with Crippen LogP contribution in [-0.4, -0.2) is 38.5 Å². The molecule has 5 nitrogen and oxygen atoms in total. The molecule has 0 aliphatic heterocycles. The van der Waals surface area contributed by atoms with E-state index in [2.05, 4.69) is 16.0 Å². The molecule has 0 fully saturated rings. The van der Waals surface area contributed by atoms with E-state index >= 15 is 0 Å². The first kappa shape index (κ1) is 12.9. The minimum absolute atomic E-state index is 0.0187. The minimum Gasteiger partial charge on any atom is -0.359 e. The lowest BCUT2D eigenvalue weighted by Gasteiger charge is -2.04. The average molecular weight is 201 g/mol. The number of nitrogens with one attached hydrogen (secondary N) is 3. The summed E-state index contributed by atoms with van der Waals surface area (Å²) in [5.41, 5.74) is 0. The van der Waals surface area contributed by atoms with Gasteiger partial charge >= 0.3 is 0 Å². The Morgan fingerprint density at radius 2 is 1.71 bits per heavy atom. The van der Waals surface area contributed by atoms with Gasteiger partial charge in [-0.3, -0.25) is 9.59 Å². The predicted molar refractivity (Wildman–Crippen MR) is 54.9 cm³/mol. The van der Waals surface area contributed by atoms with E-state index in [4.69, 9.17) is 0 Å². The second-order valence-electron chi connectivity index (χ2n) is 2.88. The molecule has 14 heavy (non-hydrogen) atoms. The SMILES string of the molecule is CCNCCC(=O)NCCC(=O)NC. The maximum atomic E-state index is 11.1. The van der Waals surface area contributed by atoms with Crippen LogP contribution in [0.2, 0.25) is 0 Å². The Morgan fingerprint density at radius 3 is 2.29 bits per heavy atom. The third kappa shape index (κ3) is 7.54. The highest BCUT2D eigenvalue weighted by Gasteiger charge is 2.01. The van der Waals surface area contributed by atoms with Crippen molar-refractivity contribution in [2.24, 2.45) is 0 Å². The zero-order valence-electron chi connectivity index (χ0n) is 8.85. The van der Waals surface area contributed by atoms with Crippen LogP contribution in [0.15, 0.2) is 0 Å². The first-order chi connectivity index (χ1) is 6.70. The van der Waals surface area contributed by atoms with Crippen LogP contribution in [0.1, 0.15) is 19.8 Å². The molecule has 0 bridgehead atoms. The average Bonchev–Trinajstić information content (AvgIpc) is 2.18. The number of hydrogen-bond donors (Lipinski definition) is 3. The Morgan fingerprint density at radius 1 is 1.07 bits per heavy atom. The number of carbonyl (C=O) groups is 2. The molecule has 0 spiro atoms. The van der Waals surface area contributed by atoms with Crippen LogP contribution in [0.3, 0.4) is 0 Å². The zero-order chi connectivity index (χ0) is 10.8. The van der Waals surface area contributed by atoms with Crippen molar-refractivity contribution in [1.82, 2.24) is 16.0 Å². The molecule has 0 aliphatic carbocycles. The van der Waals surface area contributed by atoms with Crippen molar-refractivity contribution >= 4 is 11.8 Å². The molecule has 82 valence electrons. The third-order valence-electron chi connectivity index (χ3n) is 1.73. The van der Waals surface area contributed by atoms with Crippen LogP contribution in [0, 0.1) is 0 Å². The molecule has 3 N–H and O–H groups in total. The van der Waals surface area contributed by atoms with E-state index in [1.54, 1.807) is 7.05 Å². The molecular formula is C9H19N3O2. The van der Waals surface area contributed by atoms with Crippen LogP contribution in [0.4, 0.5) is 0 Å². The molecule has 0 heterocycles.